The molecule has 0 bridgehead atoms. The highest BCUT2D eigenvalue weighted by Crippen LogP contribution is 2.34. The zero-order valence-corrected chi connectivity index (χ0v) is 20.9. The zero-order valence-electron chi connectivity index (χ0n) is 20.1. The fraction of sp³-hybridized carbons (Fsp3) is 0.346. The number of rotatable bonds is 5. The van der Waals surface area contributed by atoms with E-state index in [0.717, 1.165) is 35.5 Å². The minimum Gasteiger partial charge on any atom is -0.424 e. The van der Waals surface area contributed by atoms with E-state index in [-0.39, 0.29) is 40.8 Å². The molecule has 0 aliphatic carbocycles. The lowest BCUT2D eigenvalue weighted by molar-refractivity contribution is -0.137. The van der Waals surface area contributed by atoms with Gasteiger partial charge in [-0.1, -0.05) is 19.1 Å². The normalized spacial score (nSPS) is 18.4. The summed E-state index contributed by atoms with van der Waals surface area (Å²) in [7, 11) is 0. The first-order valence-electron chi connectivity index (χ1n) is 11.9. The van der Waals surface area contributed by atoms with Crippen LogP contribution in [0.15, 0.2) is 46.9 Å². The van der Waals surface area contributed by atoms with Crippen LogP contribution in [-0.4, -0.2) is 39.9 Å². The van der Waals surface area contributed by atoms with Crippen LogP contribution in [0.5, 0.6) is 0 Å². The molecule has 0 radical (unpaired) electrons. The second kappa shape index (κ2) is 9.77. The lowest BCUT2D eigenvalue weighted by Crippen LogP contribution is -2.51. The van der Waals surface area contributed by atoms with Crippen LogP contribution >= 0.6 is 11.3 Å². The number of piperidine rings is 1. The predicted molar refractivity (Wildman–Crippen MR) is 133 cm³/mol. The predicted octanol–water partition coefficient (Wildman–Crippen LogP) is 6.77. The molecule has 2 aromatic carbocycles. The largest absolute Gasteiger partial charge is 0.424 e. The van der Waals surface area contributed by atoms with Crippen LogP contribution in [-0.2, 0) is 6.18 Å². The highest BCUT2D eigenvalue weighted by Gasteiger charge is 2.35. The van der Waals surface area contributed by atoms with Gasteiger partial charge in [0.25, 0.3) is 11.9 Å². The Morgan fingerprint density at radius 1 is 1.19 bits per heavy atom. The van der Waals surface area contributed by atoms with Gasteiger partial charge in [-0.3, -0.25) is 4.79 Å². The van der Waals surface area contributed by atoms with Crippen LogP contribution in [0.1, 0.15) is 40.8 Å². The number of nitrogens with zero attached hydrogens (tertiary/aromatic N) is 3. The molecule has 4 aromatic rings. The van der Waals surface area contributed by atoms with Crippen molar-refractivity contribution in [2.75, 3.05) is 18.4 Å². The van der Waals surface area contributed by atoms with Crippen LogP contribution in [0, 0.1) is 18.7 Å². The van der Waals surface area contributed by atoms with Crippen molar-refractivity contribution >= 4 is 34.4 Å². The number of alkyl halides is 3. The van der Waals surface area contributed by atoms with Crippen molar-refractivity contribution in [1.82, 2.24) is 14.9 Å². The molecule has 194 valence electrons. The summed E-state index contributed by atoms with van der Waals surface area (Å²) in [6.45, 7) is 4.72. The van der Waals surface area contributed by atoms with Crippen molar-refractivity contribution in [3.8, 4) is 10.4 Å². The van der Waals surface area contributed by atoms with E-state index < -0.39 is 11.7 Å². The molecule has 3 heterocycles. The number of halogens is 4. The number of hydrogen-bond acceptors (Lipinski definition) is 6. The van der Waals surface area contributed by atoms with Gasteiger partial charge in [0.1, 0.15) is 17.0 Å². The summed E-state index contributed by atoms with van der Waals surface area (Å²) in [5.74, 6) is -0.419. The van der Waals surface area contributed by atoms with E-state index in [0.29, 0.717) is 23.7 Å². The molecule has 5 rings (SSSR count). The highest BCUT2D eigenvalue weighted by molar-refractivity contribution is 7.15. The highest BCUT2D eigenvalue weighted by atomic mass is 32.1. The Bertz CT molecular complexity index is 1430. The number of fused-ring (bicyclic) bond motifs is 1. The number of carbonyl (C=O) groups is 1. The van der Waals surface area contributed by atoms with Gasteiger partial charge in [0.05, 0.1) is 21.5 Å². The summed E-state index contributed by atoms with van der Waals surface area (Å²) in [5, 5.41) is 3.80. The van der Waals surface area contributed by atoms with Gasteiger partial charge in [0.2, 0.25) is 0 Å². The third-order valence-corrected chi connectivity index (χ3v) is 7.62. The topological polar surface area (TPSA) is 71.3 Å². The third-order valence-electron chi connectivity index (χ3n) is 6.60. The minimum atomic E-state index is -4.47. The molecule has 0 unspecified atom stereocenters. The number of aryl methyl sites for hydroxylation is 1. The average molecular weight is 533 g/mol. The van der Waals surface area contributed by atoms with Crippen LogP contribution in [0.3, 0.4) is 0 Å². The molecular formula is C26H24F4N4O2S. The van der Waals surface area contributed by atoms with Gasteiger partial charge < -0.3 is 14.6 Å². The molecule has 11 heteroatoms. The van der Waals surface area contributed by atoms with Gasteiger partial charge in [-0.25, -0.2) is 9.37 Å². The molecule has 1 aliphatic heterocycles. The fourth-order valence-corrected chi connectivity index (χ4v) is 5.60. The summed E-state index contributed by atoms with van der Waals surface area (Å²) < 4.78 is 58.2. The summed E-state index contributed by atoms with van der Waals surface area (Å²) in [5.41, 5.74) is 0.591. The molecule has 2 aromatic heterocycles. The molecule has 1 saturated heterocycles. The minimum absolute atomic E-state index is 0.0935. The van der Waals surface area contributed by atoms with E-state index in [4.69, 9.17) is 4.42 Å². The summed E-state index contributed by atoms with van der Waals surface area (Å²) in [6, 6.07) is 9.00. The summed E-state index contributed by atoms with van der Waals surface area (Å²) >= 11 is 1.38. The van der Waals surface area contributed by atoms with Crippen molar-refractivity contribution in [1.29, 1.82) is 0 Å². The maximum atomic E-state index is 13.7. The quantitative estimate of drug-likeness (QED) is 0.287. The SMILES string of the molecule is Cc1nc(C(=O)N2CCC[C@@H](C)[C@H]2CNc2nc3cc(C(F)(F)F)ccc3o2)c(-c2ccc(F)cc2)s1. The Balaban J connectivity index is 1.37. The number of benzene rings is 2. The van der Waals surface area contributed by atoms with Gasteiger partial charge in [-0.05, 0) is 61.6 Å². The van der Waals surface area contributed by atoms with E-state index in [1.807, 2.05) is 6.92 Å². The molecule has 6 nitrogen and oxygen atoms in total. The van der Waals surface area contributed by atoms with Gasteiger partial charge in [-0.15, -0.1) is 11.3 Å². The van der Waals surface area contributed by atoms with Crippen molar-refractivity contribution in [2.24, 2.45) is 5.92 Å². The molecule has 1 aliphatic rings. The number of thiazole rings is 1. The van der Waals surface area contributed by atoms with E-state index in [9.17, 15) is 22.4 Å². The number of anilines is 1. The summed E-state index contributed by atoms with van der Waals surface area (Å²) in [4.78, 5) is 24.9. The average Bonchev–Trinajstić information content (AvgIpc) is 3.45. The number of likely N-dealkylation sites (tertiary alicyclic amines) is 1. The smallest absolute Gasteiger partial charge is 0.416 e. The van der Waals surface area contributed by atoms with E-state index in [1.165, 1.54) is 29.5 Å². The number of carbonyl (C=O) groups excluding carboxylic acids is 1. The Morgan fingerprint density at radius 3 is 2.68 bits per heavy atom. The fourth-order valence-electron chi connectivity index (χ4n) is 4.69. The standard InChI is InChI=1S/C26H24F4N4O2S/c1-14-4-3-11-34(24(35)22-23(37-15(2)32-22)16-5-8-18(27)9-6-16)20(14)13-31-25-33-19-12-17(26(28,29)30)7-10-21(19)36-25/h5-10,12,14,20H,3-4,11,13H2,1-2H3,(H,31,33)/t14-,20-/m1/s1. The Hall–Kier alpha value is -3.47. The van der Waals surface area contributed by atoms with Gasteiger partial charge in [-0.2, -0.15) is 18.2 Å². The molecule has 1 fully saturated rings. The Labute approximate surface area is 214 Å². The van der Waals surface area contributed by atoms with Crippen LogP contribution in [0.2, 0.25) is 0 Å². The molecule has 37 heavy (non-hydrogen) atoms. The third kappa shape index (κ3) is 5.18. The first-order chi connectivity index (χ1) is 17.6. The monoisotopic (exact) mass is 532 g/mol. The number of oxazole rings is 1. The van der Waals surface area contributed by atoms with Crippen molar-refractivity contribution < 1.29 is 26.8 Å². The molecule has 2 atom stereocenters. The molecule has 0 spiro atoms. The maximum Gasteiger partial charge on any atom is 0.416 e. The number of hydrogen-bond donors (Lipinski definition) is 1. The van der Waals surface area contributed by atoms with Crippen LogP contribution in [0.4, 0.5) is 23.6 Å². The lowest BCUT2D eigenvalue weighted by Gasteiger charge is -2.39. The number of amides is 1. The molecule has 1 N–H and O–H groups in total. The van der Waals surface area contributed by atoms with Crippen molar-refractivity contribution in [3.05, 3.63) is 64.5 Å². The molecular weight excluding hydrogens is 508 g/mol. The molecule has 1 amide bonds. The van der Waals surface area contributed by atoms with Crippen LogP contribution in [0.25, 0.3) is 21.5 Å². The van der Waals surface area contributed by atoms with Gasteiger partial charge >= 0.3 is 6.18 Å². The van der Waals surface area contributed by atoms with Crippen molar-refractivity contribution in [3.63, 3.8) is 0 Å². The van der Waals surface area contributed by atoms with E-state index in [2.05, 4.69) is 22.2 Å². The summed E-state index contributed by atoms with van der Waals surface area (Å²) in [6.07, 6.45) is -2.72. The van der Waals surface area contributed by atoms with Gasteiger partial charge in [0, 0.05) is 13.1 Å². The van der Waals surface area contributed by atoms with Crippen molar-refractivity contribution in [2.45, 2.75) is 38.9 Å². The number of aromatic nitrogens is 2. The van der Waals surface area contributed by atoms with E-state index in [1.54, 1.807) is 17.0 Å². The Kier molecular flexibility index (Phi) is 6.65. The first kappa shape index (κ1) is 25.2. The van der Waals surface area contributed by atoms with Crippen LogP contribution < -0.4 is 5.32 Å². The zero-order chi connectivity index (χ0) is 26.3. The second-order valence-electron chi connectivity index (χ2n) is 9.18. The second-order valence-corrected chi connectivity index (χ2v) is 10.4. The maximum absolute atomic E-state index is 13.7. The first-order valence-corrected chi connectivity index (χ1v) is 12.7. The van der Waals surface area contributed by atoms with Gasteiger partial charge in [0.15, 0.2) is 5.58 Å². The number of nitrogens with one attached hydrogen (secondary N) is 1. The lowest BCUT2D eigenvalue weighted by atomic mass is 9.90. The Morgan fingerprint density at radius 2 is 1.95 bits per heavy atom. The molecule has 0 saturated carbocycles. The van der Waals surface area contributed by atoms with E-state index >= 15 is 0 Å².